The lowest BCUT2D eigenvalue weighted by molar-refractivity contribution is 0.00695. The molecular formula is C26H23ClN4O4. The van der Waals surface area contributed by atoms with E-state index in [2.05, 4.69) is 20.3 Å². The zero-order valence-corrected chi connectivity index (χ0v) is 20.1. The Kier molecular flexibility index (Phi) is 7.12. The van der Waals surface area contributed by atoms with E-state index in [1.807, 2.05) is 39.0 Å². The van der Waals surface area contributed by atoms with Gasteiger partial charge in [0.2, 0.25) is 5.95 Å². The largest absolute Gasteiger partial charge is 0.456 e. The Morgan fingerprint density at radius 3 is 2.14 bits per heavy atom. The van der Waals surface area contributed by atoms with Gasteiger partial charge in [0.25, 0.3) is 0 Å². The van der Waals surface area contributed by atoms with E-state index < -0.39 is 11.6 Å². The maximum atomic E-state index is 12.5. The highest BCUT2D eigenvalue weighted by atomic mass is 35.5. The Morgan fingerprint density at radius 1 is 0.800 bits per heavy atom. The number of anilines is 2. The van der Waals surface area contributed by atoms with E-state index in [9.17, 15) is 4.79 Å². The zero-order valence-electron chi connectivity index (χ0n) is 19.4. The second-order valence-electron chi connectivity index (χ2n) is 8.41. The first-order valence-electron chi connectivity index (χ1n) is 10.8. The highest BCUT2D eigenvalue weighted by Crippen LogP contribution is 2.27. The van der Waals surface area contributed by atoms with Crippen molar-refractivity contribution in [3.05, 3.63) is 89.4 Å². The van der Waals surface area contributed by atoms with Crippen LogP contribution in [0.15, 0.2) is 78.9 Å². The van der Waals surface area contributed by atoms with Crippen molar-refractivity contribution in [2.75, 3.05) is 5.32 Å². The molecule has 0 aliphatic rings. The van der Waals surface area contributed by atoms with Crippen molar-refractivity contribution in [3.63, 3.8) is 0 Å². The van der Waals surface area contributed by atoms with E-state index in [1.165, 1.54) is 0 Å². The topological polar surface area (TPSA) is 95.5 Å². The number of hydrogen-bond acceptors (Lipinski definition) is 8. The molecule has 0 amide bonds. The van der Waals surface area contributed by atoms with E-state index in [0.717, 1.165) is 0 Å². The molecule has 0 bridgehead atoms. The Labute approximate surface area is 207 Å². The minimum Gasteiger partial charge on any atom is -0.456 e. The monoisotopic (exact) mass is 490 g/mol. The Morgan fingerprint density at radius 2 is 1.46 bits per heavy atom. The van der Waals surface area contributed by atoms with Gasteiger partial charge in [0.15, 0.2) is 0 Å². The quantitative estimate of drug-likeness (QED) is 0.282. The molecule has 0 atom stereocenters. The van der Waals surface area contributed by atoms with Gasteiger partial charge in [-0.05, 0) is 69.3 Å². The van der Waals surface area contributed by atoms with Gasteiger partial charge in [0.1, 0.15) is 17.1 Å². The number of nitrogens with one attached hydrogen (secondary N) is 1. The van der Waals surface area contributed by atoms with Crippen molar-refractivity contribution >= 4 is 29.2 Å². The van der Waals surface area contributed by atoms with Crippen LogP contribution in [-0.2, 0) is 4.74 Å². The number of carbonyl (C=O) groups is 1. The van der Waals surface area contributed by atoms with Crippen LogP contribution in [0.3, 0.4) is 0 Å². The van der Waals surface area contributed by atoms with Crippen LogP contribution in [0.25, 0.3) is 0 Å². The molecule has 8 nitrogen and oxygen atoms in total. The van der Waals surface area contributed by atoms with Crippen molar-refractivity contribution in [3.8, 4) is 23.5 Å². The third-order valence-electron chi connectivity index (χ3n) is 4.31. The standard InChI is InChI=1S/C26H23ClN4O4/c1-26(2,3)35-22(32)17-9-7-11-19(15-17)28-23-29-24(33-20-12-5-4-6-13-20)31-25(30-23)34-21-14-8-10-18(27)16-21/h4-16H,1-3H3,(H,28,29,30,31). The molecule has 0 unspecified atom stereocenters. The summed E-state index contributed by atoms with van der Waals surface area (Å²) in [5, 5.41) is 3.58. The SMILES string of the molecule is CC(C)(C)OC(=O)c1cccc(Nc2nc(Oc3ccccc3)nc(Oc3cccc(Cl)c3)n2)c1. The van der Waals surface area contributed by atoms with Crippen molar-refractivity contribution in [2.24, 2.45) is 0 Å². The molecule has 0 aliphatic heterocycles. The molecule has 9 heteroatoms. The number of esters is 1. The fourth-order valence-corrected chi connectivity index (χ4v) is 3.09. The van der Waals surface area contributed by atoms with Crippen LogP contribution in [0.5, 0.6) is 23.5 Å². The summed E-state index contributed by atoms with van der Waals surface area (Å²) in [5.41, 5.74) is 0.347. The third-order valence-corrected chi connectivity index (χ3v) is 4.54. The smallest absolute Gasteiger partial charge is 0.338 e. The Balaban J connectivity index is 1.62. The summed E-state index contributed by atoms with van der Waals surface area (Å²) in [6.07, 6.45) is 0. The molecule has 4 aromatic rings. The predicted octanol–water partition coefficient (Wildman–Crippen LogP) is 6.81. The molecule has 0 spiro atoms. The average Bonchev–Trinajstić information content (AvgIpc) is 2.79. The highest BCUT2D eigenvalue weighted by Gasteiger charge is 2.18. The number of rotatable bonds is 7. The van der Waals surface area contributed by atoms with Crippen LogP contribution in [0.4, 0.5) is 11.6 Å². The van der Waals surface area contributed by atoms with Gasteiger partial charge in [-0.15, -0.1) is 4.98 Å². The van der Waals surface area contributed by atoms with Gasteiger partial charge < -0.3 is 19.5 Å². The summed E-state index contributed by atoms with van der Waals surface area (Å²) in [6.45, 7) is 5.44. The van der Waals surface area contributed by atoms with Crippen molar-refractivity contribution in [1.29, 1.82) is 0 Å². The highest BCUT2D eigenvalue weighted by molar-refractivity contribution is 6.30. The summed E-state index contributed by atoms with van der Waals surface area (Å²) in [5.74, 6) is 0.719. The van der Waals surface area contributed by atoms with E-state index >= 15 is 0 Å². The van der Waals surface area contributed by atoms with Crippen molar-refractivity contribution in [2.45, 2.75) is 26.4 Å². The lowest BCUT2D eigenvalue weighted by Gasteiger charge is -2.19. The maximum absolute atomic E-state index is 12.5. The second-order valence-corrected chi connectivity index (χ2v) is 8.84. The molecule has 0 saturated carbocycles. The second kappa shape index (κ2) is 10.4. The molecule has 0 fully saturated rings. The molecule has 1 N–H and O–H groups in total. The first kappa shape index (κ1) is 24.0. The number of carbonyl (C=O) groups excluding carboxylic acids is 1. The molecule has 0 saturated heterocycles. The van der Waals surface area contributed by atoms with Gasteiger partial charge in [-0.25, -0.2) is 4.79 Å². The molecule has 3 aromatic carbocycles. The molecule has 1 heterocycles. The van der Waals surface area contributed by atoms with Crippen LogP contribution in [0.2, 0.25) is 5.02 Å². The van der Waals surface area contributed by atoms with E-state index in [-0.39, 0.29) is 18.0 Å². The number of hydrogen-bond donors (Lipinski definition) is 1. The van der Waals surface area contributed by atoms with E-state index in [4.69, 9.17) is 25.8 Å². The number of benzene rings is 3. The fraction of sp³-hybridized carbons (Fsp3) is 0.154. The number of para-hydroxylation sites is 1. The third kappa shape index (κ3) is 7.15. The molecule has 0 radical (unpaired) electrons. The summed E-state index contributed by atoms with van der Waals surface area (Å²) >= 11 is 6.06. The summed E-state index contributed by atoms with van der Waals surface area (Å²) in [7, 11) is 0. The molecule has 35 heavy (non-hydrogen) atoms. The predicted molar refractivity (Wildman–Crippen MR) is 133 cm³/mol. The number of ether oxygens (including phenoxy) is 3. The molecule has 1 aromatic heterocycles. The van der Waals surface area contributed by atoms with Gasteiger partial charge in [-0.2, -0.15) is 9.97 Å². The fourth-order valence-electron chi connectivity index (χ4n) is 2.91. The van der Waals surface area contributed by atoms with Gasteiger partial charge in [0.05, 0.1) is 5.56 Å². The number of halogens is 1. The molecule has 4 rings (SSSR count). The summed E-state index contributed by atoms with van der Waals surface area (Å²) < 4.78 is 17.0. The minimum atomic E-state index is -0.606. The van der Waals surface area contributed by atoms with Gasteiger partial charge in [-0.1, -0.05) is 41.9 Å². The zero-order chi connectivity index (χ0) is 24.8. The minimum absolute atomic E-state index is 0.000931. The average molecular weight is 491 g/mol. The van der Waals surface area contributed by atoms with Crippen LogP contribution >= 0.6 is 11.6 Å². The van der Waals surface area contributed by atoms with Crippen molar-refractivity contribution in [1.82, 2.24) is 15.0 Å². The molecular weight excluding hydrogens is 468 g/mol. The molecule has 178 valence electrons. The number of nitrogens with zero attached hydrogens (tertiary/aromatic N) is 3. The first-order chi connectivity index (χ1) is 16.7. The van der Waals surface area contributed by atoms with E-state index in [0.29, 0.717) is 27.8 Å². The lowest BCUT2D eigenvalue weighted by Crippen LogP contribution is -2.23. The Bertz CT molecular complexity index is 1330. The van der Waals surface area contributed by atoms with Crippen molar-refractivity contribution < 1.29 is 19.0 Å². The first-order valence-corrected chi connectivity index (χ1v) is 11.1. The number of aromatic nitrogens is 3. The van der Waals surface area contributed by atoms with Crippen LogP contribution in [-0.4, -0.2) is 26.5 Å². The normalized spacial score (nSPS) is 11.0. The molecule has 0 aliphatic carbocycles. The summed E-state index contributed by atoms with van der Waals surface area (Å²) in [4.78, 5) is 25.4. The van der Waals surface area contributed by atoms with Crippen LogP contribution in [0, 0.1) is 0 Å². The summed E-state index contributed by atoms with van der Waals surface area (Å²) in [6, 6.07) is 22.8. The van der Waals surface area contributed by atoms with Crippen LogP contribution in [0.1, 0.15) is 31.1 Å². The lowest BCUT2D eigenvalue weighted by atomic mass is 10.1. The van der Waals surface area contributed by atoms with Gasteiger partial charge in [0, 0.05) is 10.7 Å². The Hall–Kier alpha value is -4.17. The van der Waals surface area contributed by atoms with Gasteiger partial charge >= 0.3 is 18.0 Å². The van der Waals surface area contributed by atoms with Gasteiger partial charge in [-0.3, -0.25) is 0 Å². The van der Waals surface area contributed by atoms with E-state index in [1.54, 1.807) is 60.7 Å². The van der Waals surface area contributed by atoms with Crippen LogP contribution < -0.4 is 14.8 Å². The maximum Gasteiger partial charge on any atom is 0.338 e.